The van der Waals surface area contributed by atoms with E-state index in [4.69, 9.17) is 11.6 Å². The van der Waals surface area contributed by atoms with Crippen molar-refractivity contribution in [3.05, 3.63) is 17.6 Å². The lowest BCUT2D eigenvalue weighted by atomic mass is 10.2. The van der Waals surface area contributed by atoms with E-state index in [1.54, 1.807) is 6.92 Å². The van der Waals surface area contributed by atoms with Crippen LogP contribution in [0.4, 0.5) is 0 Å². The molecule has 1 heterocycles. The molecular weight excluding hydrogens is 272 g/mol. The summed E-state index contributed by atoms with van der Waals surface area (Å²) in [6.45, 7) is 7.46. The van der Waals surface area contributed by atoms with Gasteiger partial charge in [-0.3, -0.25) is 0 Å². The van der Waals surface area contributed by atoms with E-state index >= 15 is 0 Å². The molecule has 18 heavy (non-hydrogen) atoms. The first-order chi connectivity index (χ1) is 8.26. The predicted molar refractivity (Wildman–Crippen MR) is 72.8 cm³/mol. The Balaban J connectivity index is 3.16. The minimum absolute atomic E-state index is 0.0183. The maximum atomic E-state index is 12.2. The van der Waals surface area contributed by atoms with Crippen LogP contribution in [0.3, 0.4) is 0 Å². The van der Waals surface area contributed by atoms with Crippen molar-refractivity contribution in [2.45, 2.75) is 38.6 Å². The number of rotatable bonds is 5. The number of nitrogens with zero attached hydrogens (tertiary/aromatic N) is 2. The van der Waals surface area contributed by atoms with Crippen LogP contribution in [0.25, 0.3) is 0 Å². The summed E-state index contributed by atoms with van der Waals surface area (Å²) in [5.74, 6) is 0.913. The third-order valence-electron chi connectivity index (χ3n) is 2.45. The lowest BCUT2D eigenvalue weighted by Crippen LogP contribution is -2.18. The third-order valence-corrected chi connectivity index (χ3v) is 4.83. The van der Waals surface area contributed by atoms with Gasteiger partial charge in [-0.15, -0.1) is 11.6 Å². The van der Waals surface area contributed by atoms with Crippen LogP contribution >= 0.6 is 11.6 Å². The molecule has 1 atom stereocenters. The van der Waals surface area contributed by atoms with Crippen LogP contribution in [0.15, 0.2) is 11.1 Å². The molecule has 0 saturated heterocycles. The van der Waals surface area contributed by atoms with Crippen LogP contribution in [-0.4, -0.2) is 30.0 Å². The number of hydrogen-bond acceptors (Lipinski definition) is 4. The van der Waals surface area contributed by atoms with E-state index in [0.29, 0.717) is 17.4 Å². The van der Waals surface area contributed by atoms with Crippen LogP contribution in [0.1, 0.15) is 38.2 Å². The molecule has 1 aromatic heterocycles. The Hall–Kier alpha value is -0.680. The van der Waals surface area contributed by atoms with E-state index in [1.165, 1.54) is 6.07 Å². The van der Waals surface area contributed by atoms with E-state index < -0.39 is 9.84 Å². The van der Waals surface area contributed by atoms with Crippen LogP contribution in [0.5, 0.6) is 0 Å². The largest absolute Gasteiger partial charge is 0.238 e. The highest BCUT2D eigenvalue weighted by atomic mass is 35.5. The summed E-state index contributed by atoms with van der Waals surface area (Å²) in [4.78, 5) is 8.39. The zero-order valence-corrected chi connectivity index (χ0v) is 12.7. The minimum Gasteiger partial charge on any atom is -0.238 e. The van der Waals surface area contributed by atoms with E-state index in [-0.39, 0.29) is 22.6 Å². The van der Waals surface area contributed by atoms with Gasteiger partial charge in [0.2, 0.25) is 0 Å². The number of halogens is 1. The lowest BCUT2D eigenvalue weighted by Gasteiger charge is -2.11. The van der Waals surface area contributed by atoms with E-state index in [1.807, 2.05) is 20.8 Å². The second kappa shape index (κ2) is 5.97. The molecule has 102 valence electrons. The maximum absolute atomic E-state index is 12.2. The average molecular weight is 291 g/mol. The molecule has 0 saturated carbocycles. The Morgan fingerprint density at radius 2 is 1.89 bits per heavy atom. The molecule has 4 nitrogen and oxygen atoms in total. The summed E-state index contributed by atoms with van der Waals surface area (Å²) in [6, 6.07) is 1.52. The first-order valence-electron chi connectivity index (χ1n) is 5.90. The molecule has 0 bridgehead atoms. The molecule has 0 aliphatic heterocycles. The van der Waals surface area contributed by atoms with Gasteiger partial charge in [0.05, 0.1) is 5.75 Å². The standard InChI is InChI=1S/C12H19ClN2O2S/c1-8(2)12-14-10(4)5-11(15-12)18(16,17)7-9(3)6-13/h5,8-9H,6-7H2,1-4H3. The van der Waals surface area contributed by atoms with Gasteiger partial charge in [0.1, 0.15) is 5.82 Å². The fraction of sp³-hybridized carbons (Fsp3) is 0.667. The van der Waals surface area contributed by atoms with Crippen molar-refractivity contribution < 1.29 is 8.42 Å². The summed E-state index contributed by atoms with van der Waals surface area (Å²) in [5.41, 5.74) is 0.672. The van der Waals surface area contributed by atoms with Crippen molar-refractivity contribution in [1.29, 1.82) is 0 Å². The third kappa shape index (κ3) is 3.92. The lowest BCUT2D eigenvalue weighted by molar-refractivity contribution is 0.576. The average Bonchev–Trinajstić information content (AvgIpc) is 2.27. The quantitative estimate of drug-likeness (QED) is 0.618. The molecule has 1 rings (SSSR count). The molecular formula is C12H19ClN2O2S. The monoisotopic (exact) mass is 290 g/mol. The maximum Gasteiger partial charge on any atom is 0.196 e. The van der Waals surface area contributed by atoms with E-state index in [2.05, 4.69) is 9.97 Å². The molecule has 0 amide bonds. The molecule has 0 radical (unpaired) electrons. The zero-order valence-electron chi connectivity index (χ0n) is 11.1. The Kier molecular flexibility index (Phi) is 5.10. The van der Waals surface area contributed by atoms with Crippen LogP contribution in [-0.2, 0) is 9.84 Å². The fourth-order valence-electron chi connectivity index (χ4n) is 1.48. The van der Waals surface area contributed by atoms with Crippen molar-refractivity contribution in [2.75, 3.05) is 11.6 Å². The SMILES string of the molecule is Cc1cc(S(=O)(=O)CC(C)CCl)nc(C(C)C)n1. The molecule has 0 fully saturated rings. The van der Waals surface area contributed by atoms with Gasteiger partial charge in [-0.2, -0.15) is 0 Å². The van der Waals surface area contributed by atoms with E-state index in [9.17, 15) is 8.42 Å². The molecule has 0 spiro atoms. The van der Waals surface area contributed by atoms with Crippen LogP contribution in [0, 0.1) is 12.8 Å². The van der Waals surface area contributed by atoms with Gasteiger partial charge < -0.3 is 0 Å². The van der Waals surface area contributed by atoms with Gasteiger partial charge in [0.15, 0.2) is 14.9 Å². The minimum atomic E-state index is -3.39. The normalized spacial score (nSPS) is 13.9. The smallest absolute Gasteiger partial charge is 0.196 e. The molecule has 0 N–H and O–H groups in total. The van der Waals surface area contributed by atoms with E-state index in [0.717, 1.165) is 0 Å². The topological polar surface area (TPSA) is 59.9 Å². The van der Waals surface area contributed by atoms with Gasteiger partial charge >= 0.3 is 0 Å². The first kappa shape index (κ1) is 15.4. The summed E-state index contributed by atoms with van der Waals surface area (Å²) in [5, 5.41) is 0.107. The Morgan fingerprint density at radius 3 is 2.39 bits per heavy atom. The molecule has 0 aromatic carbocycles. The van der Waals surface area contributed by atoms with Crippen LogP contribution in [0.2, 0.25) is 0 Å². The molecule has 0 aliphatic carbocycles. The van der Waals surface area contributed by atoms with Gasteiger partial charge in [0.25, 0.3) is 0 Å². The molecule has 6 heteroatoms. The Bertz CT molecular complexity index is 515. The predicted octanol–water partition coefficient (Wildman–Crippen LogP) is 2.56. The molecule has 1 unspecified atom stereocenters. The molecule has 0 aliphatic rings. The summed E-state index contributed by atoms with van der Waals surface area (Å²) < 4.78 is 24.4. The number of alkyl halides is 1. The number of aromatic nitrogens is 2. The number of aryl methyl sites for hydroxylation is 1. The van der Waals surface area contributed by atoms with Crippen LogP contribution < -0.4 is 0 Å². The van der Waals surface area contributed by atoms with Crippen molar-refractivity contribution in [3.8, 4) is 0 Å². The summed E-state index contributed by atoms with van der Waals surface area (Å²) in [7, 11) is -3.39. The highest BCUT2D eigenvalue weighted by molar-refractivity contribution is 7.91. The second-order valence-corrected chi connectivity index (χ2v) is 7.19. The highest BCUT2D eigenvalue weighted by Gasteiger charge is 2.21. The van der Waals surface area contributed by atoms with Gasteiger partial charge in [-0.25, -0.2) is 18.4 Å². The van der Waals surface area contributed by atoms with Crippen molar-refractivity contribution in [3.63, 3.8) is 0 Å². The Labute approximate surface area is 114 Å². The van der Waals surface area contributed by atoms with Crippen molar-refractivity contribution >= 4 is 21.4 Å². The van der Waals surface area contributed by atoms with Gasteiger partial charge in [-0.05, 0) is 18.9 Å². The Morgan fingerprint density at radius 1 is 1.28 bits per heavy atom. The number of hydrogen-bond donors (Lipinski definition) is 0. The zero-order chi connectivity index (χ0) is 13.9. The summed E-state index contributed by atoms with van der Waals surface area (Å²) >= 11 is 5.66. The van der Waals surface area contributed by atoms with Gasteiger partial charge in [-0.1, -0.05) is 20.8 Å². The molecule has 1 aromatic rings. The highest BCUT2D eigenvalue weighted by Crippen LogP contribution is 2.17. The van der Waals surface area contributed by atoms with Crippen molar-refractivity contribution in [1.82, 2.24) is 9.97 Å². The van der Waals surface area contributed by atoms with Crippen molar-refractivity contribution in [2.24, 2.45) is 5.92 Å². The fourth-order valence-corrected chi connectivity index (χ4v) is 3.34. The summed E-state index contributed by atoms with van der Waals surface area (Å²) in [6.07, 6.45) is 0. The second-order valence-electron chi connectivity index (χ2n) is 4.90. The number of sulfone groups is 1. The van der Waals surface area contributed by atoms with Gasteiger partial charge in [0, 0.05) is 17.5 Å². The first-order valence-corrected chi connectivity index (χ1v) is 8.09.